The van der Waals surface area contributed by atoms with Gasteiger partial charge in [-0.25, -0.2) is 0 Å². The van der Waals surface area contributed by atoms with Gasteiger partial charge >= 0.3 is 6.18 Å². The first-order valence-corrected chi connectivity index (χ1v) is 9.56. The predicted molar refractivity (Wildman–Crippen MR) is 99.0 cm³/mol. The van der Waals surface area contributed by atoms with Crippen LogP contribution in [0.3, 0.4) is 0 Å². The fourth-order valence-electron chi connectivity index (χ4n) is 3.41. The number of aromatic nitrogens is 4. The number of hydrogen-bond acceptors (Lipinski definition) is 8. The van der Waals surface area contributed by atoms with E-state index in [1.165, 1.54) is 12.1 Å². The van der Waals surface area contributed by atoms with Crippen molar-refractivity contribution in [3.63, 3.8) is 0 Å². The third-order valence-electron chi connectivity index (χ3n) is 5.13. The zero-order chi connectivity index (χ0) is 21.3. The number of nitrogens with zero attached hydrogens (tertiary/aromatic N) is 6. The molecule has 0 spiro atoms. The Morgan fingerprint density at radius 1 is 1.13 bits per heavy atom. The summed E-state index contributed by atoms with van der Waals surface area (Å²) in [4.78, 5) is 8.75. The van der Waals surface area contributed by atoms with E-state index in [4.69, 9.17) is 8.94 Å². The summed E-state index contributed by atoms with van der Waals surface area (Å²) in [7, 11) is 0. The van der Waals surface area contributed by atoms with E-state index in [0.717, 1.165) is 38.3 Å². The SMILES string of the molecule is Cc1nnc(CN2CCN(C(C)c3nc(-c4cccc(C(F)(F)F)c4)no3)CC2)o1. The van der Waals surface area contributed by atoms with Crippen molar-refractivity contribution < 1.29 is 22.1 Å². The third kappa shape index (κ3) is 4.51. The van der Waals surface area contributed by atoms with E-state index in [2.05, 4.69) is 30.1 Å². The highest BCUT2D eigenvalue weighted by atomic mass is 19.4. The molecular formula is C19H21F3N6O2. The van der Waals surface area contributed by atoms with E-state index < -0.39 is 11.7 Å². The van der Waals surface area contributed by atoms with E-state index in [1.54, 1.807) is 6.92 Å². The third-order valence-corrected chi connectivity index (χ3v) is 5.13. The van der Waals surface area contributed by atoms with Gasteiger partial charge in [0.2, 0.25) is 23.5 Å². The van der Waals surface area contributed by atoms with E-state index >= 15 is 0 Å². The lowest BCUT2D eigenvalue weighted by Crippen LogP contribution is -2.46. The molecule has 0 aliphatic carbocycles. The monoisotopic (exact) mass is 422 g/mol. The predicted octanol–water partition coefficient (Wildman–Crippen LogP) is 3.33. The Hall–Kier alpha value is -2.79. The molecule has 1 aliphatic heterocycles. The highest BCUT2D eigenvalue weighted by molar-refractivity contribution is 5.55. The van der Waals surface area contributed by atoms with Crippen LogP contribution in [0.15, 0.2) is 33.2 Å². The molecule has 0 radical (unpaired) electrons. The maximum absolute atomic E-state index is 12.9. The fraction of sp³-hybridized carbons (Fsp3) is 0.474. The Morgan fingerprint density at radius 2 is 1.90 bits per heavy atom. The fourth-order valence-corrected chi connectivity index (χ4v) is 3.41. The standard InChI is InChI=1S/C19H21F3N6O2/c1-12(28-8-6-27(7-9-28)11-16-25-24-13(2)29-16)18-23-17(26-30-18)14-4-3-5-15(10-14)19(20,21)22/h3-5,10,12H,6-9,11H2,1-2H3. The normalized spacial score (nSPS) is 17.4. The van der Waals surface area contributed by atoms with E-state index in [-0.39, 0.29) is 17.4 Å². The summed E-state index contributed by atoms with van der Waals surface area (Å²) in [5, 5.41) is 11.7. The molecule has 0 saturated carbocycles. The van der Waals surface area contributed by atoms with Gasteiger partial charge in [0.1, 0.15) is 0 Å². The number of hydrogen-bond donors (Lipinski definition) is 0. The van der Waals surface area contributed by atoms with Crippen LogP contribution in [0.5, 0.6) is 0 Å². The molecule has 1 atom stereocenters. The summed E-state index contributed by atoms with van der Waals surface area (Å²) < 4.78 is 49.6. The average molecular weight is 422 g/mol. The van der Waals surface area contributed by atoms with Gasteiger partial charge in [-0.1, -0.05) is 17.3 Å². The lowest BCUT2D eigenvalue weighted by Gasteiger charge is -2.36. The van der Waals surface area contributed by atoms with Gasteiger partial charge in [-0.05, 0) is 19.1 Å². The second-order valence-corrected chi connectivity index (χ2v) is 7.24. The Bertz CT molecular complexity index is 994. The van der Waals surface area contributed by atoms with Gasteiger partial charge < -0.3 is 8.94 Å². The Kier molecular flexibility index (Phi) is 5.56. The Labute approximate surface area is 170 Å². The average Bonchev–Trinajstić information content (AvgIpc) is 3.37. The largest absolute Gasteiger partial charge is 0.424 e. The molecule has 3 aromatic rings. The van der Waals surface area contributed by atoms with Crippen LogP contribution in [0.2, 0.25) is 0 Å². The molecule has 11 heteroatoms. The van der Waals surface area contributed by atoms with Gasteiger partial charge in [0.25, 0.3) is 0 Å². The highest BCUT2D eigenvalue weighted by Crippen LogP contribution is 2.32. The quantitative estimate of drug-likeness (QED) is 0.619. The van der Waals surface area contributed by atoms with Gasteiger partial charge in [0.05, 0.1) is 18.2 Å². The molecule has 0 N–H and O–H groups in total. The minimum Gasteiger partial charge on any atom is -0.424 e. The van der Waals surface area contributed by atoms with Crippen molar-refractivity contribution in [2.75, 3.05) is 26.2 Å². The molecule has 2 aromatic heterocycles. The second-order valence-electron chi connectivity index (χ2n) is 7.24. The molecule has 4 rings (SSSR count). The summed E-state index contributed by atoms with van der Waals surface area (Å²) in [5.74, 6) is 1.67. The van der Waals surface area contributed by atoms with Crippen molar-refractivity contribution in [1.29, 1.82) is 0 Å². The lowest BCUT2D eigenvalue weighted by atomic mass is 10.1. The van der Waals surface area contributed by atoms with Gasteiger partial charge in [0.15, 0.2) is 0 Å². The first kappa shape index (κ1) is 20.5. The highest BCUT2D eigenvalue weighted by Gasteiger charge is 2.31. The van der Waals surface area contributed by atoms with Crippen LogP contribution in [-0.4, -0.2) is 56.3 Å². The van der Waals surface area contributed by atoms with E-state index in [0.29, 0.717) is 24.2 Å². The molecule has 1 aliphatic rings. The van der Waals surface area contributed by atoms with Crippen LogP contribution < -0.4 is 0 Å². The molecule has 0 amide bonds. The first-order valence-electron chi connectivity index (χ1n) is 9.56. The summed E-state index contributed by atoms with van der Waals surface area (Å²) in [6.07, 6.45) is -4.42. The second kappa shape index (κ2) is 8.15. The number of halogens is 3. The maximum Gasteiger partial charge on any atom is 0.416 e. The van der Waals surface area contributed by atoms with Crippen molar-refractivity contribution in [3.05, 3.63) is 47.5 Å². The van der Waals surface area contributed by atoms with Crippen molar-refractivity contribution >= 4 is 0 Å². The van der Waals surface area contributed by atoms with E-state index in [9.17, 15) is 13.2 Å². The molecular weight excluding hydrogens is 401 g/mol. The number of piperazine rings is 1. The maximum atomic E-state index is 12.9. The Balaban J connectivity index is 1.38. The van der Waals surface area contributed by atoms with Crippen LogP contribution in [0, 0.1) is 6.92 Å². The molecule has 3 heterocycles. The molecule has 1 fully saturated rings. The number of aryl methyl sites for hydroxylation is 1. The molecule has 0 bridgehead atoms. The van der Waals surface area contributed by atoms with Crippen molar-refractivity contribution in [2.45, 2.75) is 32.6 Å². The zero-order valence-corrected chi connectivity index (χ0v) is 16.6. The van der Waals surface area contributed by atoms with Crippen molar-refractivity contribution in [1.82, 2.24) is 30.1 Å². The van der Waals surface area contributed by atoms with Crippen LogP contribution >= 0.6 is 0 Å². The summed E-state index contributed by atoms with van der Waals surface area (Å²) in [6, 6.07) is 4.76. The van der Waals surface area contributed by atoms with Gasteiger partial charge in [0, 0.05) is 38.7 Å². The number of benzene rings is 1. The smallest absolute Gasteiger partial charge is 0.416 e. The molecule has 160 valence electrons. The van der Waals surface area contributed by atoms with Crippen LogP contribution in [-0.2, 0) is 12.7 Å². The summed E-state index contributed by atoms with van der Waals surface area (Å²) in [6.45, 7) is 7.46. The molecule has 1 saturated heterocycles. The van der Waals surface area contributed by atoms with Gasteiger partial charge in [-0.3, -0.25) is 9.80 Å². The van der Waals surface area contributed by atoms with E-state index in [1.807, 2.05) is 6.92 Å². The topological polar surface area (TPSA) is 84.3 Å². The van der Waals surface area contributed by atoms with Crippen molar-refractivity contribution in [3.8, 4) is 11.4 Å². The number of rotatable bonds is 5. The first-order chi connectivity index (χ1) is 14.3. The van der Waals surface area contributed by atoms with Crippen LogP contribution in [0.4, 0.5) is 13.2 Å². The molecule has 30 heavy (non-hydrogen) atoms. The lowest BCUT2D eigenvalue weighted by molar-refractivity contribution is -0.137. The van der Waals surface area contributed by atoms with Crippen LogP contribution in [0.1, 0.15) is 36.2 Å². The zero-order valence-electron chi connectivity index (χ0n) is 16.6. The minimum atomic E-state index is -4.42. The minimum absolute atomic E-state index is 0.147. The Morgan fingerprint density at radius 3 is 2.57 bits per heavy atom. The molecule has 1 aromatic carbocycles. The van der Waals surface area contributed by atoms with Crippen LogP contribution in [0.25, 0.3) is 11.4 Å². The van der Waals surface area contributed by atoms with Gasteiger partial charge in [-0.15, -0.1) is 10.2 Å². The van der Waals surface area contributed by atoms with Gasteiger partial charge in [-0.2, -0.15) is 18.2 Å². The molecule has 1 unspecified atom stereocenters. The molecule has 8 nitrogen and oxygen atoms in total. The van der Waals surface area contributed by atoms with Crippen molar-refractivity contribution in [2.24, 2.45) is 0 Å². The number of alkyl halides is 3. The summed E-state index contributed by atoms with van der Waals surface area (Å²) in [5.41, 5.74) is -0.473. The summed E-state index contributed by atoms with van der Waals surface area (Å²) >= 11 is 0.